The van der Waals surface area contributed by atoms with Gasteiger partial charge in [-0.3, -0.25) is 4.79 Å². The molecular formula is C21H44N2O2. The molecule has 0 aliphatic rings. The van der Waals surface area contributed by atoms with Gasteiger partial charge in [-0.2, -0.15) is 0 Å². The van der Waals surface area contributed by atoms with E-state index in [1.165, 1.54) is 89.9 Å². The second-order valence-corrected chi connectivity index (χ2v) is 7.36. The predicted molar refractivity (Wildman–Crippen MR) is 107 cm³/mol. The number of amides is 1. The molecule has 1 amide bonds. The Kier molecular flexibility index (Phi) is 20.9. The summed E-state index contributed by atoms with van der Waals surface area (Å²) in [5.41, 5.74) is 0.904. The number of carbonyl (C=O) groups excluding carboxylic acids is 1. The minimum atomic E-state index is 0.139. The van der Waals surface area contributed by atoms with Gasteiger partial charge in [0.05, 0.1) is 6.54 Å². The molecule has 0 saturated heterocycles. The van der Waals surface area contributed by atoms with Crippen molar-refractivity contribution in [2.24, 2.45) is 0 Å². The first-order valence-electron chi connectivity index (χ1n) is 11.0. The summed E-state index contributed by atoms with van der Waals surface area (Å²) in [6.45, 7) is 3.45. The fourth-order valence-electron chi connectivity index (χ4n) is 3.16. The average Bonchev–Trinajstić information content (AvgIpc) is 2.62. The van der Waals surface area contributed by atoms with Gasteiger partial charge >= 0.3 is 0 Å². The molecule has 0 fully saturated rings. The lowest BCUT2D eigenvalue weighted by Crippen LogP contribution is -2.77. The molecule has 0 bridgehead atoms. The Morgan fingerprint density at radius 3 is 1.60 bits per heavy atom. The van der Waals surface area contributed by atoms with Gasteiger partial charge in [-0.05, 0) is 6.42 Å². The van der Waals surface area contributed by atoms with Crippen molar-refractivity contribution in [3.8, 4) is 0 Å². The smallest absolute Gasteiger partial charge is 0.219 e. The maximum absolute atomic E-state index is 11.5. The normalized spacial score (nSPS) is 11.0. The lowest BCUT2D eigenvalue weighted by Gasteiger charge is -2.06. The average molecular weight is 357 g/mol. The highest BCUT2D eigenvalue weighted by Crippen LogP contribution is 2.13. The first kappa shape index (κ1) is 24.4. The largest absolute Gasteiger partial charge is 0.636 e. The summed E-state index contributed by atoms with van der Waals surface area (Å²) in [6.07, 6.45) is 21.6. The molecule has 0 aliphatic heterocycles. The van der Waals surface area contributed by atoms with Gasteiger partial charge < -0.3 is 16.0 Å². The number of hydrogen-bond donors (Lipinski definition) is 2. The van der Waals surface area contributed by atoms with Crippen molar-refractivity contribution in [2.45, 2.75) is 116 Å². The van der Waals surface area contributed by atoms with Gasteiger partial charge in [0, 0.05) is 19.4 Å². The van der Waals surface area contributed by atoms with Crippen LogP contribution in [0.2, 0.25) is 0 Å². The Bertz CT molecular complexity index is 273. The van der Waals surface area contributed by atoms with E-state index in [0.717, 1.165) is 18.3 Å². The highest BCUT2D eigenvalue weighted by atomic mass is 16.5. The molecule has 3 N–H and O–H groups in total. The van der Waals surface area contributed by atoms with E-state index in [2.05, 4.69) is 12.2 Å². The van der Waals surface area contributed by atoms with Crippen LogP contribution in [-0.4, -0.2) is 19.0 Å². The van der Waals surface area contributed by atoms with Crippen LogP contribution in [0.1, 0.15) is 116 Å². The van der Waals surface area contributed by atoms with Crippen molar-refractivity contribution in [3.63, 3.8) is 0 Å². The fourth-order valence-corrected chi connectivity index (χ4v) is 3.16. The molecule has 0 spiro atoms. The van der Waals surface area contributed by atoms with Crippen LogP contribution < -0.4 is 10.8 Å². The maximum Gasteiger partial charge on any atom is 0.219 e. The third-order valence-corrected chi connectivity index (χ3v) is 4.83. The van der Waals surface area contributed by atoms with Crippen LogP contribution in [0.4, 0.5) is 0 Å². The third kappa shape index (κ3) is 21.3. The molecule has 4 nitrogen and oxygen atoms in total. The molecule has 0 aromatic heterocycles. The Morgan fingerprint density at radius 2 is 1.16 bits per heavy atom. The van der Waals surface area contributed by atoms with E-state index in [1.807, 2.05) is 0 Å². The van der Waals surface area contributed by atoms with Crippen LogP contribution in [0.25, 0.3) is 0 Å². The van der Waals surface area contributed by atoms with Crippen molar-refractivity contribution in [1.29, 1.82) is 0 Å². The summed E-state index contributed by atoms with van der Waals surface area (Å²) >= 11 is 0. The van der Waals surface area contributed by atoms with Gasteiger partial charge in [-0.15, -0.1) is 0 Å². The van der Waals surface area contributed by atoms with E-state index in [-0.39, 0.29) is 5.91 Å². The Labute approximate surface area is 156 Å². The van der Waals surface area contributed by atoms with Crippen LogP contribution in [-0.2, 0) is 4.79 Å². The second-order valence-electron chi connectivity index (χ2n) is 7.36. The zero-order valence-electron chi connectivity index (χ0n) is 16.8. The second kappa shape index (κ2) is 21.4. The summed E-state index contributed by atoms with van der Waals surface area (Å²) in [5.74, 6) is 0.139. The lowest BCUT2D eigenvalue weighted by atomic mass is 10.0. The van der Waals surface area contributed by atoms with Crippen LogP contribution in [0.3, 0.4) is 0 Å². The zero-order valence-corrected chi connectivity index (χ0v) is 16.8. The number of unbranched alkanes of at least 4 members (excludes halogenated alkanes) is 14. The number of rotatable bonds is 20. The molecule has 0 radical (unpaired) electrons. The maximum atomic E-state index is 11.5. The molecule has 0 aromatic carbocycles. The summed E-state index contributed by atoms with van der Waals surface area (Å²) in [4.78, 5) is 11.5. The number of nitrogens with two attached hydrogens (primary N) is 1. The topological polar surface area (TPSA) is 68.8 Å². The van der Waals surface area contributed by atoms with Crippen molar-refractivity contribution in [3.05, 3.63) is 5.21 Å². The molecular weight excluding hydrogens is 312 g/mol. The summed E-state index contributed by atoms with van der Waals surface area (Å²) in [6, 6.07) is 0. The number of nitrogens with one attached hydrogen (secondary N) is 1. The first-order chi connectivity index (χ1) is 12.3. The van der Waals surface area contributed by atoms with E-state index in [4.69, 9.17) is 0 Å². The number of quaternary nitrogens is 1. The molecule has 0 unspecified atom stereocenters. The summed E-state index contributed by atoms with van der Waals surface area (Å²) in [5, 5.41) is 13.0. The van der Waals surface area contributed by atoms with Crippen molar-refractivity contribution < 1.29 is 10.3 Å². The molecule has 0 aliphatic carbocycles. The van der Waals surface area contributed by atoms with Crippen molar-refractivity contribution in [2.75, 3.05) is 13.1 Å². The van der Waals surface area contributed by atoms with E-state index in [9.17, 15) is 10.0 Å². The molecule has 0 heterocycles. The van der Waals surface area contributed by atoms with Crippen LogP contribution >= 0.6 is 0 Å². The zero-order chi connectivity index (χ0) is 18.4. The Morgan fingerprint density at radius 1 is 0.720 bits per heavy atom. The molecule has 0 aromatic rings. The van der Waals surface area contributed by atoms with Crippen molar-refractivity contribution in [1.82, 2.24) is 5.32 Å². The molecule has 25 heavy (non-hydrogen) atoms. The fraction of sp³-hybridized carbons (Fsp3) is 0.952. The van der Waals surface area contributed by atoms with Crippen LogP contribution in [0.5, 0.6) is 0 Å². The van der Waals surface area contributed by atoms with Gasteiger partial charge in [0.1, 0.15) is 0 Å². The van der Waals surface area contributed by atoms with E-state index >= 15 is 0 Å². The molecule has 150 valence electrons. The number of carbonyl (C=O) groups is 1. The Balaban J connectivity index is 3.08. The highest BCUT2D eigenvalue weighted by molar-refractivity contribution is 5.75. The van der Waals surface area contributed by atoms with Gasteiger partial charge in [0.25, 0.3) is 0 Å². The van der Waals surface area contributed by atoms with Crippen LogP contribution in [0, 0.1) is 5.21 Å². The van der Waals surface area contributed by atoms with Gasteiger partial charge in [-0.25, -0.2) is 0 Å². The van der Waals surface area contributed by atoms with Gasteiger partial charge in [-0.1, -0.05) is 96.8 Å². The van der Waals surface area contributed by atoms with E-state index in [0.29, 0.717) is 19.5 Å². The standard InChI is InChI=1S/C21H44N2O2/c1-2-3-4-5-6-7-8-9-10-11-12-13-14-15-16-18-21(24)22-19-17-20-23-25/h2-20,23H2,1H3,(H,22,24). The van der Waals surface area contributed by atoms with E-state index < -0.39 is 0 Å². The number of hydrogen-bond acceptors (Lipinski definition) is 2. The highest BCUT2D eigenvalue weighted by Gasteiger charge is 2.00. The quantitative estimate of drug-likeness (QED) is 0.243. The summed E-state index contributed by atoms with van der Waals surface area (Å²) < 4.78 is 0. The first-order valence-corrected chi connectivity index (χ1v) is 11.0. The van der Waals surface area contributed by atoms with Crippen molar-refractivity contribution >= 4 is 5.91 Å². The number of hydroxylamine groups is 1. The minimum Gasteiger partial charge on any atom is -0.636 e. The van der Waals surface area contributed by atoms with Gasteiger partial charge in [0.2, 0.25) is 5.91 Å². The van der Waals surface area contributed by atoms with Crippen LogP contribution in [0.15, 0.2) is 0 Å². The molecule has 0 rings (SSSR count). The Hall–Kier alpha value is -0.610. The van der Waals surface area contributed by atoms with E-state index in [1.54, 1.807) is 0 Å². The lowest BCUT2D eigenvalue weighted by molar-refractivity contribution is -0.588. The monoisotopic (exact) mass is 356 g/mol. The third-order valence-electron chi connectivity index (χ3n) is 4.83. The molecule has 0 saturated carbocycles. The minimum absolute atomic E-state index is 0.139. The SMILES string of the molecule is CCCCCCCCCCCCCCCCCC(=O)NCCC[NH2+][O-]. The summed E-state index contributed by atoms with van der Waals surface area (Å²) in [7, 11) is 0. The molecule has 0 atom stereocenters. The molecule has 4 heteroatoms. The predicted octanol–water partition coefficient (Wildman–Crippen LogP) is 4.82. The van der Waals surface area contributed by atoms with Gasteiger partial charge in [0.15, 0.2) is 0 Å².